The van der Waals surface area contributed by atoms with Crippen LogP contribution < -0.4 is 5.32 Å². The first-order valence-electron chi connectivity index (χ1n) is 10.1. The van der Waals surface area contributed by atoms with Crippen molar-refractivity contribution in [2.45, 2.75) is 80.3 Å². The van der Waals surface area contributed by atoms with Gasteiger partial charge in [-0.15, -0.1) is 0 Å². The summed E-state index contributed by atoms with van der Waals surface area (Å²) in [7, 11) is 0. The van der Waals surface area contributed by atoms with Crippen LogP contribution in [0.4, 0.5) is 0 Å². The maximum Gasteiger partial charge on any atom is 0.0580 e. The fraction of sp³-hybridized carbons (Fsp3) is 0.538. The summed E-state index contributed by atoms with van der Waals surface area (Å²) in [6.07, 6.45) is 2.28. The zero-order valence-corrected chi connectivity index (χ0v) is 17.8. The van der Waals surface area contributed by atoms with Crippen LogP contribution in [0.5, 0.6) is 0 Å². The lowest BCUT2D eigenvalue weighted by atomic mass is 9.92. The van der Waals surface area contributed by atoms with Gasteiger partial charge in [0.2, 0.25) is 0 Å². The molecule has 2 rings (SSSR count). The van der Waals surface area contributed by atoms with E-state index >= 15 is 0 Å². The molecule has 0 aliphatic heterocycles. The molecule has 0 radical (unpaired) electrons. The molecule has 2 aromatic rings. The molecule has 0 atom stereocenters. The van der Waals surface area contributed by atoms with Crippen LogP contribution in [0.25, 0.3) is 0 Å². The average Bonchev–Trinajstić information content (AvgIpc) is 2.52. The van der Waals surface area contributed by atoms with E-state index < -0.39 is 0 Å². The van der Waals surface area contributed by atoms with Gasteiger partial charge in [-0.05, 0) is 67.7 Å². The van der Waals surface area contributed by atoms with Crippen LogP contribution in [0.3, 0.4) is 0 Å². The van der Waals surface area contributed by atoms with Crippen LogP contribution >= 0.6 is 0 Å². The first-order valence-corrected chi connectivity index (χ1v) is 10.1. The van der Waals surface area contributed by atoms with Gasteiger partial charge in [0.25, 0.3) is 0 Å². The van der Waals surface area contributed by atoms with E-state index in [1.165, 1.54) is 22.3 Å². The third kappa shape index (κ3) is 7.89. The first kappa shape index (κ1) is 23.4. The van der Waals surface area contributed by atoms with Crippen molar-refractivity contribution in [3.05, 3.63) is 70.8 Å². The van der Waals surface area contributed by atoms with E-state index in [4.69, 9.17) is 0 Å². The largest absolute Gasteiger partial charge is 0.302 e. The molecular formula is C26H41N. The Balaban J connectivity index is 0.00000364. The van der Waals surface area contributed by atoms with Gasteiger partial charge in [-0.25, -0.2) is 0 Å². The van der Waals surface area contributed by atoms with Gasteiger partial charge in [-0.1, -0.05) is 83.7 Å². The summed E-state index contributed by atoms with van der Waals surface area (Å²) in [5, 5.41) is 3.81. The molecule has 0 saturated carbocycles. The van der Waals surface area contributed by atoms with Crippen molar-refractivity contribution in [2.24, 2.45) is 11.8 Å². The second-order valence-electron chi connectivity index (χ2n) is 9.51. The third-order valence-electron chi connectivity index (χ3n) is 4.49. The summed E-state index contributed by atoms with van der Waals surface area (Å²) in [4.78, 5) is 0. The quantitative estimate of drug-likeness (QED) is 0.545. The van der Waals surface area contributed by atoms with Gasteiger partial charge in [0, 0.05) is 5.54 Å². The third-order valence-corrected chi connectivity index (χ3v) is 4.49. The van der Waals surface area contributed by atoms with Crippen LogP contribution in [0.15, 0.2) is 48.5 Å². The zero-order valence-electron chi connectivity index (χ0n) is 17.8. The molecular weight excluding hydrogens is 326 g/mol. The molecule has 0 unspecified atom stereocenters. The molecule has 0 aliphatic carbocycles. The van der Waals surface area contributed by atoms with Gasteiger partial charge >= 0.3 is 0 Å². The molecule has 150 valence electrons. The molecule has 0 fully saturated rings. The molecule has 0 saturated heterocycles. The van der Waals surface area contributed by atoms with E-state index in [1.54, 1.807) is 0 Å². The lowest BCUT2D eigenvalue weighted by Crippen LogP contribution is -2.39. The lowest BCUT2D eigenvalue weighted by molar-refractivity contribution is 0.391. The minimum Gasteiger partial charge on any atom is -0.302 e. The summed E-state index contributed by atoms with van der Waals surface area (Å²) < 4.78 is 0. The van der Waals surface area contributed by atoms with Gasteiger partial charge in [-0.2, -0.15) is 0 Å². The van der Waals surface area contributed by atoms with Crippen molar-refractivity contribution in [3.8, 4) is 0 Å². The molecule has 0 spiro atoms. The Labute approximate surface area is 168 Å². The molecule has 1 heteroatoms. The number of hydrogen-bond acceptors (Lipinski definition) is 1. The normalized spacial score (nSPS) is 11.9. The first-order chi connectivity index (χ1) is 12.1. The Bertz CT molecular complexity index is 603. The standard InChI is InChI=1S/C25H37N.CH4/c1-18(2)16-20-8-12-22(13-9-20)24(26-25(5,6)7)23-14-10-21(11-15-23)17-19(3)4;/h8-15,18-19,24,26H,16-17H2,1-7H3;1H4. The molecule has 27 heavy (non-hydrogen) atoms. The number of nitrogens with one attached hydrogen (secondary N) is 1. The average molecular weight is 368 g/mol. The molecule has 0 bridgehead atoms. The fourth-order valence-electron chi connectivity index (χ4n) is 3.43. The number of rotatable bonds is 7. The predicted octanol–water partition coefficient (Wildman–Crippen LogP) is 7.20. The SMILES string of the molecule is C.CC(C)Cc1ccc(C(NC(C)(C)C)c2ccc(CC(C)C)cc2)cc1. The Morgan fingerprint density at radius 3 is 1.26 bits per heavy atom. The molecule has 0 heterocycles. The summed E-state index contributed by atoms with van der Waals surface area (Å²) in [5.41, 5.74) is 5.57. The molecule has 1 N–H and O–H groups in total. The van der Waals surface area contributed by atoms with Gasteiger partial charge in [-0.3, -0.25) is 0 Å². The Kier molecular flexibility index (Phi) is 8.75. The van der Waals surface area contributed by atoms with E-state index in [1.807, 2.05) is 0 Å². The van der Waals surface area contributed by atoms with Gasteiger partial charge in [0.15, 0.2) is 0 Å². The molecule has 0 aliphatic rings. The Morgan fingerprint density at radius 2 is 1.00 bits per heavy atom. The van der Waals surface area contributed by atoms with Crippen molar-refractivity contribution in [3.63, 3.8) is 0 Å². The summed E-state index contributed by atoms with van der Waals surface area (Å²) in [5.74, 6) is 1.38. The van der Waals surface area contributed by atoms with Crippen LogP contribution in [0.2, 0.25) is 0 Å². The van der Waals surface area contributed by atoms with Gasteiger partial charge in [0.1, 0.15) is 0 Å². The fourth-order valence-corrected chi connectivity index (χ4v) is 3.43. The van der Waals surface area contributed by atoms with Crippen molar-refractivity contribution >= 4 is 0 Å². The zero-order chi connectivity index (χ0) is 19.3. The van der Waals surface area contributed by atoms with E-state index in [0.717, 1.165) is 12.8 Å². The smallest absolute Gasteiger partial charge is 0.0580 e. The summed E-state index contributed by atoms with van der Waals surface area (Å²) >= 11 is 0. The molecule has 0 aromatic heterocycles. The monoisotopic (exact) mass is 367 g/mol. The highest BCUT2D eigenvalue weighted by molar-refractivity contribution is 5.35. The Morgan fingerprint density at radius 1 is 0.667 bits per heavy atom. The van der Waals surface area contributed by atoms with Gasteiger partial charge in [0.05, 0.1) is 6.04 Å². The van der Waals surface area contributed by atoms with Crippen LogP contribution in [-0.4, -0.2) is 5.54 Å². The summed E-state index contributed by atoms with van der Waals surface area (Å²) in [6, 6.07) is 18.6. The van der Waals surface area contributed by atoms with Crippen molar-refractivity contribution in [1.29, 1.82) is 0 Å². The molecule has 0 amide bonds. The Hall–Kier alpha value is -1.60. The van der Waals surface area contributed by atoms with E-state index in [2.05, 4.69) is 102 Å². The van der Waals surface area contributed by atoms with E-state index in [9.17, 15) is 0 Å². The second kappa shape index (κ2) is 10.1. The maximum atomic E-state index is 3.81. The highest BCUT2D eigenvalue weighted by atomic mass is 15.0. The highest BCUT2D eigenvalue weighted by Gasteiger charge is 2.20. The number of hydrogen-bond donors (Lipinski definition) is 1. The van der Waals surface area contributed by atoms with Crippen molar-refractivity contribution < 1.29 is 0 Å². The lowest BCUT2D eigenvalue weighted by Gasteiger charge is -2.29. The highest BCUT2D eigenvalue weighted by Crippen LogP contribution is 2.26. The van der Waals surface area contributed by atoms with Crippen molar-refractivity contribution in [1.82, 2.24) is 5.32 Å². The van der Waals surface area contributed by atoms with Crippen LogP contribution in [0.1, 0.15) is 84.2 Å². The van der Waals surface area contributed by atoms with Crippen molar-refractivity contribution in [2.75, 3.05) is 0 Å². The van der Waals surface area contributed by atoms with Gasteiger partial charge < -0.3 is 5.32 Å². The number of benzene rings is 2. The van der Waals surface area contributed by atoms with E-state index in [-0.39, 0.29) is 19.0 Å². The molecule has 2 aromatic carbocycles. The van der Waals surface area contributed by atoms with Crippen LogP contribution in [-0.2, 0) is 12.8 Å². The maximum absolute atomic E-state index is 3.81. The van der Waals surface area contributed by atoms with Crippen LogP contribution in [0, 0.1) is 11.8 Å². The minimum atomic E-state index is 0. The summed E-state index contributed by atoms with van der Waals surface area (Å²) in [6.45, 7) is 15.8. The van der Waals surface area contributed by atoms with E-state index in [0.29, 0.717) is 11.8 Å². The second-order valence-corrected chi connectivity index (χ2v) is 9.51. The predicted molar refractivity (Wildman–Crippen MR) is 121 cm³/mol. The molecule has 1 nitrogen and oxygen atoms in total. The minimum absolute atomic E-state index is 0. The topological polar surface area (TPSA) is 12.0 Å².